The SMILES string of the molecule is Cc1ccc2c(c1)SC[C@@H](C(=O)OC(C)(C)C)C(=O)N2CC(N)=O. The van der Waals surface area contributed by atoms with Crippen molar-refractivity contribution in [3.05, 3.63) is 23.8 Å². The van der Waals surface area contributed by atoms with Crippen molar-refractivity contribution >= 4 is 35.2 Å². The molecule has 1 aliphatic rings. The summed E-state index contributed by atoms with van der Waals surface area (Å²) in [6.07, 6.45) is 0. The number of benzene rings is 1. The van der Waals surface area contributed by atoms with E-state index >= 15 is 0 Å². The van der Waals surface area contributed by atoms with E-state index in [4.69, 9.17) is 10.5 Å². The second-order valence-corrected chi connectivity index (χ2v) is 7.82. The van der Waals surface area contributed by atoms with Gasteiger partial charge in [-0.05, 0) is 45.4 Å². The molecule has 0 saturated heterocycles. The molecular weight excluding hydrogens is 328 g/mol. The lowest BCUT2D eigenvalue weighted by Crippen LogP contribution is -2.45. The van der Waals surface area contributed by atoms with E-state index in [1.54, 1.807) is 26.8 Å². The number of carbonyl (C=O) groups excluding carboxylic acids is 3. The van der Waals surface area contributed by atoms with Crippen LogP contribution in [0.3, 0.4) is 0 Å². The molecule has 0 radical (unpaired) electrons. The van der Waals surface area contributed by atoms with Crippen LogP contribution in [0.5, 0.6) is 0 Å². The summed E-state index contributed by atoms with van der Waals surface area (Å²) in [7, 11) is 0. The zero-order chi connectivity index (χ0) is 18.1. The third-order valence-electron chi connectivity index (χ3n) is 3.38. The first-order chi connectivity index (χ1) is 11.1. The van der Waals surface area contributed by atoms with Gasteiger partial charge in [0, 0.05) is 10.6 Å². The van der Waals surface area contributed by atoms with E-state index in [9.17, 15) is 14.4 Å². The van der Waals surface area contributed by atoms with Crippen molar-refractivity contribution in [3.63, 3.8) is 0 Å². The van der Waals surface area contributed by atoms with Gasteiger partial charge in [-0.2, -0.15) is 0 Å². The minimum absolute atomic E-state index is 0.263. The number of nitrogens with two attached hydrogens (primary N) is 1. The van der Waals surface area contributed by atoms with Gasteiger partial charge in [0.25, 0.3) is 0 Å². The van der Waals surface area contributed by atoms with Crippen molar-refractivity contribution in [1.29, 1.82) is 0 Å². The molecule has 2 rings (SSSR count). The van der Waals surface area contributed by atoms with Crippen LogP contribution in [0.2, 0.25) is 0 Å². The number of hydrogen-bond donors (Lipinski definition) is 1. The number of rotatable bonds is 3. The Kier molecular flexibility index (Phi) is 5.22. The third-order valence-corrected chi connectivity index (χ3v) is 4.52. The topological polar surface area (TPSA) is 89.7 Å². The van der Waals surface area contributed by atoms with Crippen molar-refractivity contribution in [1.82, 2.24) is 0 Å². The van der Waals surface area contributed by atoms with E-state index < -0.39 is 29.3 Å². The minimum Gasteiger partial charge on any atom is -0.459 e. The van der Waals surface area contributed by atoms with Gasteiger partial charge in [-0.15, -0.1) is 11.8 Å². The second kappa shape index (κ2) is 6.84. The molecule has 0 aromatic heterocycles. The molecule has 1 aromatic rings. The molecule has 0 unspecified atom stereocenters. The monoisotopic (exact) mass is 350 g/mol. The largest absolute Gasteiger partial charge is 0.459 e. The van der Waals surface area contributed by atoms with Crippen LogP contribution in [0.15, 0.2) is 23.1 Å². The first kappa shape index (κ1) is 18.3. The average Bonchev–Trinajstić information content (AvgIpc) is 2.54. The molecule has 24 heavy (non-hydrogen) atoms. The summed E-state index contributed by atoms with van der Waals surface area (Å²) in [5, 5.41) is 0. The standard InChI is InChI=1S/C17H22N2O4S/c1-10-5-6-12-13(7-10)24-9-11(16(22)23-17(2,3)4)15(21)19(12)8-14(18)20/h5-7,11H,8-9H2,1-4H3,(H2,18,20)/t11-/m1/s1. The van der Waals surface area contributed by atoms with Crippen LogP contribution in [0, 0.1) is 12.8 Å². The van der Waals surface area contributed by atoms with E-state index in [1.807, 2.05) is 19.1 Å². The van der Waals surface area contributed by atoms with Crippen LogP contribution in [0.1, 0.15) is 26.3 Å². The second-order valence-electron chi connectivity index (χ2n) is 6.76. The molecule has 0 spiro atoms. The first-order valence-corrected chi connectivity index (χ1v) is 8.63. The fourth-order valence-electron chi connectivity index (χ4n) is 2.37. The molecule has 0 aliphatic carbocycles. The summed E-state index contributed by atoms with van der Waals surface area (Å²) in [6.45, 7) is 6.92. The Labute approximate surface area is 145 Å². The Bertz CT molecular complexity index is 682. The minimum atomic E-state index is -0.971. The molecule has 130 valence electrons. The Balaban J connectivity index is 2.39. The number of nitrogens with zero attached hydrogens (tertiary/aromatic N) is 1. The molecule has 2 amide bonds. The first-order valence-electron chi connectivity index (χ1n) is 7.64. The Morgan fingerprint density at radius 2 is 2.04 bits per heavy atom. The average molecular weight is 350 g/mol. The van der Waals surface area contributed by atoms with E-state index in [2.05, 4.69) is 0 Å². The van der Waals surface area contributed by atoms with Crippen LogP contribution in [0.25, 0.3) is 0 Å². The molecule has 0 fully saturated rings. The molecule has 1 heterocycles. The number of ether oxygens (including phenoxy) is 1. The molecular formula is C17H22N2O4S. The number of fused-ring (bicyclic) bond motifs is 1. The lowest BCUT2D eigenvalue weighted by Gasteiger charge is -2.26. The number of esters is 1. The smallest absolute Gasteiger partial charge is 0.319 e. The van der Waals surface area contributed by atoms with Gasteiger partial charge in [0.2, 0.25) is 11.8 Å². The Morgan fingerprint density at radius 1 is 1.38 bits per heavy atom. The summed E-state index contributed by atoms with van der Waals surface area (Å²) in [5.41, 5.74) is 6.23. The van der Waals surface area contributed by atoms with Crippen LogP contribution in [0.4, 0.5) is 5.69 Å². The molecule has 1 aromatic carbocycles. The Hall–Kier alpha value is -2.02. The third kappa shape index (κ3) is 4.29. The van der Waals surface area contributed by atoms with Gasteiger partial charge in [-0.25, -0.2) is 0 Å². The van der Waals surface area contributed by atoms with Crippen molar-refractivity contribution in [2.75, 3.05) is 17.2 Å². The highest BCUT2D eigenvalue weighted by molar-refractivity contribution is 7.99. The lowest BCUT2D eigenvalue weighted by molar-refractivity contribution is -0.161. The predicted octanol–water partition coefficient (Wildman–Crippen LogP) is 1.88. The molecule has 2 N–H and O–H groups in total. The van der Waals surface area contributed by atoms with E-state index in [-0.39, 0.29) is 12.3 Å². The van der Waals surface area contributed by atoms with Crippen molar-refractivity contribution in [3.8, 4) is 0 Å². The summed E-state index contributed by atoms with van der Waals surface area (Å²) >= 11 is 1.41. The molecule has 0 bridgehead atoms. The summed E-state index contributed by atoms with van der Waals surface area (Å²) in [4.78, 5) is 38.8. The van der Waals surface area contributed by atoms with Crippen LogP contribution in [-0.4, -0.2) is 35.7 Å². The Morgan fingerprint density at radius 3 is 2.62 bits per heavy atom. The lowest BCUT2D eigenvalue weighted by atomic mass is 10.1. The highest BCUT2D eigenvalue weighted by Crippen LogP contribution is 2.37. The molecule has 7 heteroatoms. The molecule has 1 aliphatic heterocycles. The van der Waals surface area contributed by atoms with Crippen LogP contribution >= 0.6 is 11.8 Å². The fourth-order valence-corrected chi connectivity index (χ4v) is 3.59. The fraction of sp³-hybridized carbons (Fsp3) is 0.471. The van der Waals surface area contributed by atoms with Crippen molar-refractivity contribution in [2.45, 2.75) is 38.2 Å². The number of anilines is 1. The summed E-state index contributed by atoms with van der Waals surface area (Å²) < 4.78 is 5.36. The maximum Gasteiger partial charge on any atom is 0.319 e. The van der Waals surface area contributed by atoms with Gasteiger partial charge >= 0.3 is 5.97 Å². The zero-order valence-electron chi connectivity index (χ0n) is 14.3. The van der Waals surface area contributed by atoms with Gasteiger partial charge in [0.1, 0.15) is 18.1 Å². The predicted molar refractivity (Wildman–Crippen MR) is 92.8 cm³/mol. The number of aryl methyl sites for hydroxylation is 1. The quantitative estimate of drug-likeness (QED) is 0.664. The van der Waals surface area contributed by atoms with Gasteiger partial charge in [0.15, 0.2) is 0 Å². The van der Waals surface area contributed by atoms with Gasteiger partial charge in [0.05, 0.1) is 5.69 Å². The van der Waals surface area contributed by atoms with Gasteiger partial charge in [-0.1, -0.05) is 6.07 Å². The number of primary amides is 1. The number of amides is 2. The highest BCUT2D eigenvalue weighted by atomic mass is 32.2. The molecule has 1 atom stereocenters. The molecule has 6 nitrogen and oxygen atoms in total. The summed E-state index contributed by atoms with van der Waals surface area (Å²) in [5.74, 6) is -2.39. The summed E-state index contributed by atoms with van der Waals surface area (Å²) in [6, 6.07) is 5.56. The zero-order valence-corrected chi connectivity index (χ0v) is 15.1. The number of carbonyl (C=O) groups is 3. The van der Waals surface area contributed by atoms with Gasteiger partial charge in [-0.3, -0.25) is 14.4 Å². The van der Waals surface area contributed by atoms with Crippen LogP contribution in [-0.2, 0) is 19.1 Å². The normalized spacial score (nSPS) is 17.9. The highest BCUT2D eigenvalue weighted by Gasteiger charge is 2.38. The van der Waals surface area contributed by atoms with E-state index in [0.717, 1.165) is 10.5 Å². The van der Waals surface area contributed by atoms with Crippen molar-refractivity contribution in [2.24, 2.45) is 11.7 Å². The van der Waals surface area contributed by atoms with E-state index in [1.165, 1.54) is 16.7 Å². The maximum atomic E-state index is 12.9. The van der Waals surface area contributed by atoms with E-state index in [0.29, 0.717) is 5.69 Å². The number of hydrogen-bond acceptors (Lipinski definition) is 5. The maximum absolute atomic E-state index is 12.9. The molecule has 0 saturated carbocycles. The van der Waals surface area contributed by atoms with Crippen LogP contribution < -0.4 is 10.6 Å². The van der Waals surface area contributed by atoms with Gasteiger partial charge < -0.3 is 15.4 Å². The number of thioether (sulfide) groups is 1. The van der Waals surface area contributed by atoms with Crippen molar-refractivity contribution < 1.29 is 19.1 Å².